The zero-order valence-corrected chi connectivity index (χ0v) is 15.2. The van der Waals surface area contributed by atoms with Crippen LogP contribution in [0.2, 0.25) is 0 Å². The molecule has 0 unspecified atom stereocenters. The number of benzene rings is 3. The average Bonchev–Trinajstić information content (AvgIpc) is 2.66. The number of halogens is 1. The Balaban J connectivity index is 1.72. The van der Waals surface area contributed by atoms with Gasteiger partial charge in [0.25, 0.3) is 10.0 Å². The van der Waals surface area contributed by atoms with E-state index in [1.165, 1.54) is 19.1 Å². The van der Waals surface area contributed by atoms with E-state index in [-0.39, 0.29) is 10.5 Å². The summed E-state index contributed by atoms with van der Waals surface area (Å²) < 4.78 is 40.7. The number of rotatable bonds is 5. The Kier molecular flexibility index (Phi) is 5.10. The minimum absolute atomic E-state index is 0.00110. The Morgan fingerprint density at radius 3 is 2.00 bits per heavy atom. The summed E-state index contributed by atoms with van der Waals surface area (Å²) in [5.74, 6) is -0.452. The summed E-state index contributed by atoms with van der Waals surface area (Å²) in [7, 11) is -3.80. The maximum absolute atomic E-state index is 13.3. The minimum atomic E-state index is -3.80. The number of sulfonamides is 1. The van der Waals surface area contributed by atoms with Gasteiger partial charge in [0, 0.05) is 17.1 Å². The maximum atomic E-state index is 13.3. The summed E-state index contributed by atoms with van der Waals surface area (Å²) in [5, 5.41) is 12.0. The second-order valence-corrected chi connectivity index (χ2v) is 7.59. The molecule has 0 atom stereocenters. The molecule has 0 fully saturated rings. The molecule has 7 heteroatoms. The highest BCUT2D eigenvalue weighted by atomic mass is 32.2. The van der Waals surface area contributed by atoms with Crippen molar-refractivity contribution in [2.75, 3.05) is 10.0 Å². The van der Waals surface area contributed by atoms with E-state index in [4.69, 9.17) is 5.26 Å². The van der Waals surface area contributed by atoms with Gasteiger partial charge in [-0.2, -0.15) is 5.26 Å². The summed E-state index contributed by atoms with van der Waals surface area (Å²) in [4.78, 5) is 0.00110. The fourth-order valence-corrected chi connectivity index (χ4v) is 3.56. The first-order valence-corrected chi connectivity index (χ1v) is 9.52. The van der Waals surface area contributed by atoms with Gasteiger partial charge in [0.05, 0.1) is 16.5 Å². The molecular weight excluding hydrogens is 365 g/mol. The van der Waals surface area contributed by atoms with Gasteiger partial charge in [-0.1, -0.05) is 0 Å². The summed E-state index contributed by atoms with van der Waals surface area (Å²) in [6.07, 6.45) is 0. The van der Waals surface area contributed by atoms with Crippen molar-refractivity contribution in [3.8, 4) is 6.07 Å². The van der Waals surface area contributed by atoms with Gasteiger partial charge in [-0.05, 0) is 79.2 Å². The van der Waals surface area contributed by atoms with Crippen molar-refractivity contribution in [2.24, 2.45) is 0 Å². The minimum Gasteiger partial charge on any atom is -0.356 e. The van der Waals surface area contributed by atoms with E-state index in [1.807, 2.05) is 0 Å². The van der Waals surface area contributed by atoms with E-state index in [2.05, 4.69) is 16.1 Å². The molecule has 0 saturated carbocycles. The lowest BCUT2D eigenvalue weighted by Crippen LogP contribution is -2.13. The Morgan fingerprint density at radius 2 is 1.44 bits per heavy atom. The van der Waals surface area contributed by atoms with Gasteiger partial charge < -0.3 is 5.32 Å². The van der Waals surface area contributed by atoms with Gasteiger partial charge in [-0.25, -0.2) is 12.8 Å². The summed E-state index contributed by atoms with van der Waals surface area (Å²) in [6, 6.07) is 19.4. The molecular formula is C20H16FN3O2S. The normalized spacial score (nSPS) is 10.9. The molecule has 5 nitrogen and oxygen atoms in total. The van der Waals surface area contributed by atoms with Gasteiger partial charge in [-0.3, -0.25) is 4.72 Å². The lowest BCUT2D eigenvalue weighted by Gasteiger charge is -2.11. The predicted molar refractivity (Wildman–Crippen MR) is 103 cm³/mol. The zero-order valence-electron chi connectivity index (χ0n) is 14.4. The van der Waals surface area contributed by atoms with Crippen molar-refractivity contribution in [1.29, 1.82) is 5.26 Å². The molecule has 0 bridgehead atoms. The monoisotopic (exact) mass is 381 g/mol. The topological polar surface area (TPSA) is 82.0 Å². The van der Waals surface area contributed by atoms with Crippen LogP contribution in [0.1, 0.15) is 11.1 Å². The highest BCUT2D eigenvalue weighted by Gasteiger charge is 2.15. The first-order chi connectivity index (χ1) is 12.9. The lowest BCUT2D eigenvalue weighted by atomic mass is 10.2. The van der Waals surface area contributed by atoms with Crippen molar-refractivity contribution >= 4 is 27.1 Å². The largest absolute Gasteiger partial charge is 0.356 e. The zero-order chi connectivity index (χ0) is 19.4. The Bertz CT molecular complexity index is 1100. The van der Waals surface area contributed by atoms with Crippen LogP contribution in [0.4, 0.5) is 21.5 Å². The fraction of sp³-hybridized carbons (Fsp3) is 0.0500. The molecule has 0 aliphatic carbocycles. The van der Waals surface area contributed by atoms with E-state index in [0.717, 1.165) is 17.4 Å². The second kappa shape index (κ2) is 7.48. The molecule has 0 aromatic heterocycles. The number of anilines is 3. The molecule has 27 heavy (non-hydrogen) atoms. The molecule has 0 amide bonds. The van der Waals surface area contributed by atoms with Gasteiger partial charge in [-0.15, -0.1) is 0 Å². The SMILES string of the molecule is Cc1cc(S(=O)(=O)Nc2ccc(Nc3ccc(C#N)cc3)cc2)ccc1F. The number of nitriles is 1. The quantitative estimate of drug-likeness (QED) is 0.679. The summed E-state index contributed by atoms with van der Waals surface area (Å²) in [6.45, 7) is 1.51. The first kappa shape index (κ1) is 18.4. The number of nitrogens with one attached hydrogen (secondary N) is 2. The molecule has 0 spiro atoms. The van der Waals surface area contributed by atoms with Gasteiger partial charge in [0.1, 0.15) is 5.82 Å². The third-order valence-electron chi connectivity index (χ3n) is 3.88. The number of aryl methyl sites for hydroxylation is 1. The van der Waals surface area contributed by atoms with E-state index >= 15 is 0 Å². The molecule has 2 N–H and O–H groups in total. The lowest BCUT2D eigenvalue weighted by molar-refractivity contribution is 0.598. The molecule has 3 rings (SSSR count). The van der Waals surface area contributed by atoms with E-state index in [9.17, 15) is 12.8 Å². The molecule has 0 radical (unpaired) electrons. The standard InChI is InChI=1S/C20H16FN3O2S/c1-14-12-19(10-11-20(14)21)27(25,26)24-18-8-6-17(7-9-18)23-16-4-2-15(13-22)3-5-16/h2-12,23-24H,1H3. The molecule has 3 aromatic rings. The van der Waals surface area contributed by atoms with Crippen LogP contribution in [0.25, 0.3) is 0 Å². The number of hydrogen-bond donors (Lipinski definition) is 2. The number of hydrogen-bond acceptors (Lipinski definition) is 4. The third kappa shape index (κ3) is 4.43. The molecule has 0 heterocycles. The van der Waals surface area contributed by atoms with Crippen molar-refractivity contribution < 1.29 is 12.8 Å². The summed E-state index contributed by atoms with van der Waals surface area (Å²) in [5.41, 5.74) is 2.80. The van der Waals surface area contributed by atoms with Crippen LogP contribution in [0.5, 0.6) is 0 Å². The first-order valence-electron chi connectivity index (χ1n) is 8.03. The Hall–Kier alpha value is -3.37. The van der Waals surface area contributed by atoms with E-state index in [1.54, 1.807) is 48.5 Å². The van der Waals surface area contributed by atoms with Crippen molar-refractivity contribution in [2.45, 2.75) is 11.8 Å². The maximum Gasteiger partial charge on any atom is 0.261 e. The second-order valence-electron chi connectivity index (χ2n) is 5.91. The molecule has 3 aromatic carbocycles. The smallest absolute Gasteiger partial charge is 0.261 e. The van der Waals surface area contributed by atoms with Crippen molar-refractivity contribution in [3.63, 3.8) is 0 Å². The van der Waals surface area contributed by atoms with Crippen LogP contribution >= 0.6 is 0 Å². The van der Waals surface area contributed by atoms with Crippen LogP contribution in [0, 0.1) is 24.1 Å². The van der Waals surface area contributed by atoms with Crippen LogP contribution in [-0.2, 0) is 10.0 Å². The Labute approximate surface area is 157 Å². The molecule has 0 saturated heterocycles. The van der Waals surface area contributed by atoms with Crippen LogP contribution in [0.3, 0.4) is 0 Å². The van der Waals surface area contributed by atoms with E-state index < -0.39 is 15.8 Å². The fourth-order valence-electron chi connectivity index (χ4n) is 2.41. The Morgan fingerprint density at radius 1 is 0.889 bits per heavy atom. The van der Waals surface area contributed by atoms with Gasteiger partial charge in [0.15, 0.2) is 0 Å². The van der Waals surface area contributed by atoms with Gasteiger partial charge >= 0.3 is 0 Å². The van der Waals surface area contributed by atoms with Crippen molar-refractivity contribution in [1.82, 2.24) is 0 Å². The summed E-state index contributed by atoms with van der Waals surface area (Å²) >= 11 is 0. The molecule has 136 valence electrons. The highest BCUT2D eigenvalue weighted by Crippen LogP contribution is 2.22. The molecule has 0 aliphatic heterocycles. The molecule has 0 aliphatic rings. The third-order valence-corrected chi connectivity index (χ3v) is 5.26. The van der Waals surface area contributed by atoms with E-state index in [0.29, 0.717) is 11.3 Å². The highest BCUT2D eigenvalue weighted by molar-refractivity contribution is 7.92. The van der Waals surface area contributed by atoms with Crippen LogP contribution in [0.15, 0.2) is 71.6 Å². The average molecular weight is 381 g/mol. The van der Waals surface area contributed by atoms with Crippen LogP contribution in [-0.4, -0.2) is 8.42 Å². The van der Waals surface area contributed by atoms with Gasteiger partial charge in [0.2, 0.25) is 0 Å². The predicted octanol–water partition coefficient (Wildman–Crippen LogP) is 4.55. The van der Waals surface area contributed by atoms with Crippen LogP contribution < -0.4 is 10.0 Å². The number of nitrogens with zero attached hydrogens (tertiary/aromatic N) is 1. The van der Waals surface area contributed by atoms with Crippen molar-refractivity contribution in [3.05, 3.63) is 83.7 Å².